The highest BCUT2D eigenvalue weighted by Gasteiger charge is 2.23. The molecule has 162 valence electrons. The molecule has 3 N–H and O–H groups in total. The van der Waals surface area contributed by atoms with Gasteiger partial charge in [-0.25, -0.2) is 13.4 Å². The van der Waals surface area contributed by atoms with Gasteiger partial charge in [0.15, 0.2) is 0 Å². The van der Waals surface area contributed by atoms with Crippen LogP contribution in [0.15, 0.2) is 41.4 Å². The highest BCUT2D eigenvalue weighted by atomic mass is 32.2. The van der Waals surface area contributed by atoms with Gasteiger partial charge >= 0.3 is 0 Å². The molecule has 1 saturated heterocycles. The summed E-state index contributed by atoms with van der Waals surface area (Å²) in [5.41, 5.74) is 0.544. The minimum absolute atomic E-state index is 0.0567. The maximum Gasteiger partial charge on any atom is 0.262 e. The normalized spacial score (nSPS) is 14.5. The number of carbonyl (C=O) groups is 1. The number of nitrogens with zero attached hydrogens (tertiary/aromatic N) is 2. The van der Waals surface area contributed by atoms with Crippen LogP contribution in [0.5, 0.6) is 5.75 Å². The number of benzene rings is 1. The predicted molar refractivity (Wildman–Crippen MR) is 116 cm³/mol. The summed E-state index contributed by atoms with van der Waals surface area (Å²) in [6.45, 7) is 6.73. The molecule has 2 heterocycles. The average molecular weight is 434 g/mol. The van der Waals surface area contributed by atoms with Crippen LogP contribution in [0.3, 0.4) is 0 Å². The highest BCUT2D eigenvalue weighted by molar-refractivity contribution is 7.92. The van der Waals surface area contributed by atoms with E-state index in [0.717, 1.165) is 13.1 Å². The predicted octanol–water partition coefficient (Wildman–Crippen LogP) is 1.44. The fourth-order valence-corrected chi connectivity index (χ4v) is 4.20. The minimum atomic E-state index is -3.87. The number of methoxy groups -OCH3 is 1. The van der Waals surface area contributed by atoms with Crippen molar-refractivity contribution in [1.29, 1.82) is 0 Å². The number of rotatable bonds is 7. The molecule has 3 rings (SSSR count). The van der Waals surface area contributed by atoms with E-state index in [1.807, 2.05) is 18.7 Å². The molecule has 0 atom stereocenters. The Kier molecular flexibility index (Phi) is 6.78. The number of hydrogen-bond donors (Lipinski definition) is 3. The Morgan fingerprint density at radius 2 is 1.97 bits per heavy atom. The molecule has 10 heteroatoms. The van der Waals surface area contributed by atoms with Crippen LogP contribution < -0.4 is 25.0 Å². The molecular weight excluding hydrogens is 406 g/mol. The first kappa shape index (κ1) is 21.8. The Hall–Kier alpha value is -2.85. The van der Waals surface area contributed by atoms with E-state index in [-0.39, 0.29) is 22.5 Å². The molecule has 1 aromatic carbocycles. The molecule has 0 radical (unpaired) electrons. The lowest BCUT2D eigenvalue weighted by atomic mass is 10.2. The van der Waals surface area contributed by atoms with Crippen LogP contribution in [-0.2, 0) is 10.0 Å². The number of aromatic nitrogens is 1. The molecule has 0 spiro atoms. The second kappa shape index (κ2) is 9.31. The molecule has 0 aliphatic carbocycles. The Morgan fingerprint density at radius 1 is 1.23 bits per heavy atom. The number of ether oxygens (including phenoxy) is 1. The van der Waals surface area contributed by atoms with Gasteiger partial charge in [-0.05, 0) is 32.0 Å². The molecule has 1 aliphatic heterocycles. The van der Waals surface area contributed by atoms with Crippen LogP contribution in [0.4, 0.5) is 11.5 Å². The number of carbonyl (C=O) groups excluding carboxylic acids is 1. The summed E-state index contributed by atoms with van der Waals surface area (Å²) in [5.74, 6) is 0.675. The van der Waals surface area contributed by atoms with Gasteiger partial charge in [-0.15, -0.1) is 0 Å². The highest BCUT2D eigenvalue weighted by Crippen LogP contribution is 2.25. The molecule has 1 aliphatic rings. The average Bonchev–Trinajstić information content (AvgIpc) is 2.73. The van der Waals surface area contributed by atoms with Crippen LogP contribution in [0.25, 0.3) is 0 Å². The SMILES string of the molecule is COc1cccc(S(=O)(=O)Nc2cnc(N3CCNCC3)c(C(=O)NC(C)C)c2)c1. The van der Waals surface area contributed by atoms with Crippen molar-refractivity contribution in [1.82, 2.24) is 15.6 Å². The van der Waals surface area contributed by atoms with Crippen LogP contribution >= 0.6 is 0 Å². The molecule has 2 aromatic rings. The number of pyridine rings is 1. The van der Waals surface area contributed by atoms with Crippen LogP contribution in [-0.4, -0.2) is 58.6 Å². The smallest absolute Gasteiger partial charge is 0.262 e. The summed E-state index contributed by atoms with van der Waals surface area (Å²) >= 11 is 0. The molecule has 1 aromatic heterocycles. The summed E-state index contributed by atoms with van der Waals surface area (Å²) in [6, 6.07) is 7.62. The van der Waals surface area contributed by atoms with E-state index in [9.17, 15) is 13.2 Å². The maximum absolute atomic E-state index is 12.8. The van der Waals surface area contributed by atoms with E-state index in [2.05, 4.69) is 20.3 Å². The first-order valence-electron chi connectivity index (χ1n) is 9.73. The lowest BCUT2D eigenvalue weighted by Gasteiger charge is -2.30. The van der Waals surface area contributed by atoms with Gasteiger partial charge < -0.3 is 20.3 Å². The minimum Gasteiger partial charge on any atom is -0.497 e. The van der Waals surface area contributed by atoms with Gasteiger partial charge in [-0.1, -0.05) is 6.07 Å². The van der Waals surface area contributed by atoms with E-state index >= 15 is 0 Å². The van der Waals surface area contributed by atoms with Gasteiger partial charge in [-0.2, -0.15) is 0 Å². The van der Waals surface area contributed by atoms with Gasteiger partial charge in [0.1, 0.15) is 11.6 Å². The Balaban J connectivity index is 1.93. The second-order valence-corrected chi connectivity index (χ2v) is 8.93. The number of nitrogens with one attached hydrogen (secondary N) is 3. The molecular formula is C20H27N5O4S. The molecule has 1 amide bonds. The first-order valence-corrected chi connectivity index (χ1v) is 11.2. The third kappa shape index (κ3) is 5.19. The van der Waals surface area contributed by atoms with E-state index in [0.29, 0.717) is 30.2 Å². The lowest BCUT2D eigenvalue weighted by Crippen LogP contribution is -2.45. The zero-order chi connectivity index (χ0) is 21.7. The first-order chi connectivity index (χ1) is 14.3. The molecule has 30 heavy (non-hydrogen) atoms. The van der Waals surface area contributed by atoms with Crippen LogP contribution in [0.2, 0.25) is 0 Å². The number of anilines is 2. The standard InChI is InChI=1S/C20H27N5O4S/c1-14(2)23-20(26)18-11-15(13-22-19(18)25-9-7-21-8-10-25)24-30(27,28)17-6-4-5-16(12-17)29-3/h4-6,11-14,21,24H,7-10H2,1-3H3,(H,23,26). The van der Waals surface area contributed by atoms with E-state index in [1.165, 1.54) is 31.5 Å². The lowest BCUT2D eigenvalue weighted by molar-refractivity contribution is 0.0943. The van der Waals surface area contributed by atoms with Crippen molar-refractivity contribution in [2.24, 2.45) is 0 Å². The largest absolute Gasteiger partial charge is 0.497 e. The molecule has 9 nitrogen and oxygen atoms in total. The van der Waals surface area contributed by atoms with Crippen molar-refractivity contribution in [3.63, 3.8) is 0 Å². The molecule has 0 saturated carbocycles. The quantitative estimate of drug-likeness (QED) is 0.606. The van der Waals surface area contributed by atoms with Gasteiger partial charge in [-0.3, -0.25) is 9.52 Å². The van der Waals surface area contributed by atoms with Gasteiger partial charge in [0, 0.05) is 38.3 Å². The Labute approximate surface area is 176 Å². The fraction of sp³-hybridized carbons (Fsp3) is 0.400. The van der Waals surface area contributed by atoms with Gasteiger partial charge in [0.25, 0.3) is 15.9 Å². The zero-order valence-corrected chi connectivity index (χ0v) is 18.1. The molecule has 1 fully saturated rings. The van der Waals surface area contributed by atoms with E-state index in [4.69, 9.17) is 4.74 Å². The van der Waals surface area contributed by atoms with E-state index < -0.39 is 10.0 Å². The fourth-order valence-electron chi connectivity index (χ4n) is 3.13. The van der Waals surface area contributed by atoms with Crippen molar-refractivity contribution in [3.05, 3.63) is 42.1 Å². The van der Waals surface area contributed by atoms with Crippen molar-refractivity contribution < 1.29 is 17.9 Å². The molecule has 0 unspecified atom stereocenters. The second-order valence-electron chi connectivity index (χ2n) is 7.24. The van der Waals surface area contributed by atoms with E-state index in [1.54, 1.807) is 12.1 Å². The number of hydrogen-bond acceptors (Lipinski definition) is 7. The summed E-state index contributed by atoms with van der Waals surface area (Å²) in [7, 11) is -2.40. The topological polar surface area (TPSA) is 113 Å². The van der Waals surface area contributed by atoms with Crippen molar-refractivity contribution >= 4 is 27.4 Å². The van der Waals surface area contributed by atoms with Crippen molar-refractivity contribution in [3.8, 4) is 5.75 Å². The summed E-state index contributed by atoms with van der Waals surface area (Å²) in [6.07, 6.45) is 1.43. The van der Waals surface area contributed by atoms with Gasteiger partial charge in [0.2, 0.25) is 0 Å². The van der Waals surface area contributed by atoms with Gasteiger partial charge in [0.05, 0.1) is 29.5 Å². The number of sulfonamides is 1. The Morgan fingerprint density at radius 3 is 2.63 bits per heavy atom. The third-order valence-electron chi connectivity index (χ3n) is 4.55. The Bertz CT molecular complexity index is 1000. The monoisotopic (exact) mass is 433 g/mol. The third-order valence-corrected chi connectivity index (χ3v) is 5.93. The molecule has 0 bridgehead atoms. The summed E-state index contributed by atoms with van der Waals surface area (Å²) < 4.78 is 33.2. The summed E-state index contributed by atoms with van der Waals surface area (Å²) in [5, 5.41) is 6.12. The zero-order valence-electron chi connectivity index (χ0n) is 17.3. The van der Waals surface area contributed by atoms with Crippen molar-refractivity contribution in [2.45, 2.75) is 24.8 Å². The number of amides is 1. The summed E-state index contributed by atoms with van der Waals surface area (Å²) in [4.78, 5) is 19.3. The van der Waals surface area contributed by atoms with Crippen LogP contribution in [0, 0.1) is 0 Å². The van der Waals surface area contributed by atoms with Crippen molar-refractivity contribution in [2.75, 3.05) is 42.9 Å². The van der Waals surface area contributed by atoms with Crippen LogP contribution in [0.1, 0.15) is 24.2 Å². The number of piperazine rings is 1. The maximum atomic E-state index is 12.8.